The number of ether oxygens (including phenoxy) is 1. The van der Waals surface area contributed by atoms with Gasteiger partial charge in [0.1, 0.15) is 5.75 Å². The molecule has 0 aliphatic carbocycles. The molecule has 2 N–H and O–H groups in total. The Morgan fingerprint density at radius 2 is 2.10 bits per heavy atom. The maximum absolute atomic E-state index is 12.2. The van der Waals surface area contributed by atoms with Crippen LogP contribution in [0, 0.1) is 0 Å². The number of carbonyl (C=O) groups is 2. The van der Waals surface area contributed by atoms with Crippen LogP contribution in [-0.4, -0.2) is 41.7 Å². The third-order valence-corrected chi connectivity index (χ3v) is 3.39. The number of carbonyl (C=O) groups excluding carboxylic acids is 1. The van der Waals surface area contributed by atoms with Crippen LogP contribution in [0.2, 0.25) is 0 Å². The van der Waals surface area contributed by atoms with Crippen molar-refractivity contribution in [1.82, 2.24) is 4.90 Å². The van der Waals surface area contributed by atoms with Gasteiger partial charge < -0.3 is 20.1 Å². The number of aliphatic carboxylic acids is 1. The van der Waals surface area contributed by atoms with Gasteiger partial charge in [-0.2, -0.15) is 0 Å². The molecule has 0 spiro atoms. The van der Waals surface area contributed by atoms with Crippen molar-refractivity contribution < 1.29 is 19.4 Å². The van der Waals surface area contributed by atoms with Gasteiger partial charge in [-0.3, -0.25) is 4.79 Å². The second-order valence-corrected chi connectivity index (χ2v) is 4.75. The molecule has 0 saturated carbocycles. The van der Waals surface area contributed by atoms with E-state index in [2.05, 4.69) is 5.32 Å². The number of anilines is 1. The summed E-state index contributed by atoms with van der Waals surface area (Å²) in [4.78, 5) is 24.5. The molecular formula is C14H18N2O4. The Morgan fingerprint density at radius 1 is 1.40 bits per heavy atom. The molecule has 0 aromatic heterocycles. The summed E-state index contributed by atoms with van der Waals surface area (Å²) in [5, 5.41) is 11.6. The van der Waals surface area contributed by atoms with E-state index in [1.807, 2.05) is 0 Å². The van der Waals surface area contributed by atoms with Gasteiger partial charge in [0.15, 0.2) is 0 Å². The molecule has 108 valence electrons. The molecule has 1 aromatic rings. The molecule has 20 heavy (non-hydrogen) atoms. The summed E-state index contributed by atoms with van der Waals surface area (Å²) in [6, 6.07) is 6.55. The van der Waals surface area contributed by atoms with Crippen LogP contribution < -0.4 is 10.1 Å². The summed E-state index contributed by atoms with van der Waals surface area (Å²) in [6.07, 6.45) is 1.58. The van der Waals surface area contributed by atoms with Crippen molar-refractivity contribution in [2.75, 3.05) is 19.0 Å². The molecule has 2 rings (SSSR count). The minimum absolute atomic E-state index is 0.00394. The van der Waals surface area contributed by atoms with E-state index in [4.69, 9.17) is 9.84 Å². The van der Waals surface area contributed by atoms with Crippen LogP contribution in [-0.2, 0) is 4.79 Å². The first-order chi connectivity index (χ1) is 9.60. The van der Waals surface area contributed by atoms with Crippen LogP contribution in [0.4, 0.5) is 10.5 Å². The van der Waals surface area contributed by atoms with Gasteiger partial charge in [0, 0.05) is 18.3 Å². The smallest absolute Gasteiger partial charge is 0.322 e. The Balaban J connectivity index is 1.97. The lowest BCUT2D eigenvalue weighted by Crippen LogP contribution is -2.39. The monoisotopic (exact) mass is 278 g/mol. The highest BCUT2D eigenvalue weighted by Gasteiger charge is 2.30. The van der Waals surface area contributed by atoms with E-state index in [0.29, 0.717) is 18.0 Å². The van der Waals surface area contributed by atoms with E-state index < -0.39 is 5.97 Å². The summed E-state index contributed by atoms with van der Waals surface area (Å²) in [7, 11) is 1.58. The topological polar surface area (TPSA) is 78.9 Å². The number of carboxylic acid groups (broad SMARTS) is 1. The van der Waals surface area contributed by atoms with Gasteiger partial charge in [0.2, 0.25) is 0 Å². The minimum atomic E-state index is -0.876. The van der Waals surface area contributed by atoms with E-state index >= 15 is 0 Å². The minimum Gasteiger partial charge on any atom is -0.497 e. The highest BCUT2D eigenvalue weighted by atomic mass is 16.5. The average molecular weight is 278 g/mol. The van der Waals surface area contributed by atoms with Gasteiger partial charge in [-0.05, 0) is 37.1 Å². The molecule has 1 aromatic carbocycles. The molecule has 1 aliphatic rings. The molecule has 2 amide bonds. The van der Waals surface area contributed by atoms with E-state index in [0.717, 1.165) is 12.8 Å². The number of nitrogens with one attached hydrogen (secondary N) is 1. The van der Waals surface area contributed by atoms with Gasteiger partial charge in [0.05, 0.1) is 13.5 Å². The SMILES string of the molecule is COc1ccc(NC(=O)N2CCCC2CC(=O)O)cc1. The Bertz CT molecular complexity index is 486. The second kappa shape index (κ2) is 6.27. The lowest BCUT2D eigenvalue weighted by Gasteiger charge is -2.23. The molecule has 0 bridgehead atoms. The number of rotatable bonds is 4. The number of amides is 2. The molecule has 1 heterocycles. The fourth-order valence-corrected chi connectivity index (χ4v) is 2.39. The zero-order valence-electron chi connectivity index (χ0n) is 11.3. The number of urea groups is 1. The van der Waals surface area contributed by atoms with Crippen LogP contribution in [0.15, 0.2) is 24.3 Å². The summed E-state index contributed by atoms with van der Waals surface area (Å²) >= 11 is 0. The van der Waals surface area contributed by atoms with Gasteiger partial charge >= 0.3 is 12.0 Å². The highest BCUT2D eigenvalue weighted by molar-refractivity contribution is 5.90. The van der Waals surface area contributed by atoms with E-state index in [-0.39, 0.29) is 18.5 Å². The third-order valence-electron chi connectivity index (χ3n) is 3.39. The molecule has 6 nitrogen and oxygen atoms in total. The van der Waals surface area contributed by atoms with Crippen molar-refractivity contribution in [2.45, 2.75) is 25.3 Å². The normalized spacial score (nSPS) is 17.9. The molecular weight excluding hydrogens is 260 g/mol. The number of carboxylic acids is 1. The Morgan fingerprint density at radius 3 is 2.70 bits per heavy atom. The predicted octanol–water partition coefficient (Wildman–Crippen LogP) is 2.17. The lowest BCUT2D eigenvalue weighted by atomic mass is 10.1. The third kappa shape index (κ3) is 3.40. The van der Waals surface area contributed by atoms with Crippen molar-refractivity contribution in [3.05, 3.63) is 24.3 Å². The van der Waals surface area contributed by atoms with Crippen molar-refractivity contribution in [3.63, 3.8) is 0 Å². The molecule has 6 heteroatoms. The Hall–Kier alpha value is -2.24. The predicted molar refractivity (Wildman–Crippen MR) is 74.0 cm³/mol. The Kier molecular flexibility index (Phi) is 4.45. The standard InChI is InChI=1S/C14H18N2O4/c1-20-12-6-4-10(5-7-12)15-14(19)16-8-2-3-11(16)9-13(17)18/h4-7,11H,2-3,8-9H2,1H3,(H,15,19)(H,17,18). The van der Waals surface area contributed by atoms with Crippen molar-refractivity contribution in [2.24, 2.45) is 0 Å². The maximum atomic E-state index is 12.2. The zero-order chi connectivity index (χ0) is 14.5. The number of methoxy groups -OCH3 is 1. The first-order valence-electron chi connectivity index (χ1n) is 6.53. The van der Waals surface area contributed by atoms with Crippen LogP contribution in [0.25, 0.3) is 0 Å². The number of likely N-dealkylation sites (tertiary alicyclic amines) is 1. The largest absolute Gasteiger partial charge is 0.497 e. The number of hydrogen-bond donors (Lipinski definition) is 2. The van der Waals surface area contributed by atoms with Gasteiger partial charge in [-0.1, -0.05) is 0 Å². The van der Waals surface area contributed by atoms with Crippen LogP contribution >= 0.6 is 0 Å². The average Bonchev–Trinajstić information content (AvgIpc) is 2.87. The van der Waals surface area contributed by atoms with Crippen molar-refractivity contribution in [1.29, 1.82) is 0 Å². The number of benzene rings is 1. The first kappa shape index (κ1) is 14.2. The van der Waals surface area contributed by atoms with Crippen LogP contribution in [0.5, 0.6) is 5.75 Å². The summed E-state index contributed by atoms with van der Waals surface area (Å²) < 4.78 is 5.05. The van der Waals surface area contributed by atoms with Gasteiger partial charge in [-0.25, -0.2) is 4.79 Å². The maximum Gasteiger partial charge on any atom is 0.322 e. The van der Waals surface area contributed by atoms with Gasteiger partial charge in [-0.15, -0.1) is 0 Å². The molecule has 1 aliphatic heterocycles. The molecule has 0 radical (unpaired) electrons. The summed E-state index contributed by atoms with van der Waals surface area (Å²) in [5.41, 5.74) is 0.664. The fourth-order valence-electron chi connectivity index (χ4n) is 2.39. The number of nitrogens with zero attached hydrogens (tertiary/aromatic N) is 1. The van der Waals surface area contributed by atoms with Crippen LogP contribution in [0.1, 0.15) is 19.3 Å². The number of hydrogen-bond acceptors (Lipinski definition) is 3. The lowest BCUT2D eigenvalue weighted by molar-refractivity contribution is -0.137. The molecule has 1 atom stereocenters. The summed E-state index contributed by atoms with van der Waals surface area (Å²) in [5.74, 6) is -0.160. The summed E-state index contributed by atoms with van der Waals surface area (Å²) in [6.45, 7) is 0.597. The molecule has 1 fully saturated rings. The van der Waals surface area contributed by atoms with Crippen molar-refractivity contribution >= 4 is 17.7 Å². The highest BCUT2D eigenvalue weighted by Crippen LogP contribution is 2.22. The Labute approximate surface area is 117 Å². The molecule has 1 unspecified atom stereocenters. The van der Waals surface area contributed by atoms with E-state index in [1.54, 1.807) is 36.3 Å². The van der Waals surface area contributed by atoms with E-state index in [1.165, 1.54) is 0 Å². The van der Waals surface area contributed by atoms with Crippen LogP contribution in [0.3, 0.4) is 0 Å². The zero-order valence-corrected chi connectivity index (χ0v) is 11.3. The quantitative estimate of drug-likeness (QED) is 0.884. The van der Waals surface area contributed by atoms with E-state index in [9.17, 15) is 9.59 Å². The first-order valence-corrected chi connectivity index (χ1v) is 6.53. The molecule has 1 saturated heterocycles. The second-order valence-electron chi connectivity index (χ2n) is 4.75. The van der Waals surface area contributed by atoms with Crippen molar-refractivity contribution in [3.8, 4) is 5.75 Å². The fraction of sp³-hybridized carbons (Fsp3) is 0.429. The van der Waals surface area contributed by atoms with Gasteiger partial charge in [0.25, 0.3) is 0 Å².